The Morgan fingerprint density at radius 2 is 1.90 bits per heavy atom. The maximum absolute atomic E-state index is 5.82. The molecular formula is C16H17BrN2S. The van der Waals surface area contributed by atoms with Crippen LogP contribution < -0.4 is 11.1 Å². The van der Waals surface area contributed by atoms with E-state index in [1.165, 1.54) is 11.1 Å². The van der Waals surface area contributed by atoms with E-state index in [1.54, 1.807) is 0 Å². The minimum absolute atomic E-state index is 0.179. The van der Waals surface area contributed by atoms with Crippen LogP contribution in [-0.2, 0) is 0 Å². The first-order valence-corrected chi connectivity index (χ1v) is 7.61. The summed E-state index contributed by atoms with van der Waals surface area (Å²) in [6.07, 6.45) is 0. The summed E-state index contributed by atoms with van der Waals surface area (Å²) >= 11 is 8.64. The van der Waals surface area contributed by atoms with Gasteiger partial charge in [0.05, 0.1) is 0 Å². The van der Waals surface area contributed by atoms with E-state index in [0.29, 0.717) is 4.99 Å². The molecule has 0 aliphatic heterocycles. The number of hydrogen-bond donors (Lipinski definition) is 2. The van der Waals surface area contributed by atoms with Crippen LogP contribution in [0, 0.1) is 6.92 Å². The van der Waals surface area contributed by atoms with E-state index in [1.807, 2.05) is 24.3 Å². The molecule has 0 bridgehead atoms. The van der Waals surface area contributed by atoms with Crippen LogP contribution in [0.15, 0.2) is 46.9 Å². The van der Waals surface area contributed by atoms with Crippen molar-refractivity contribution >= 4 is 38.8 Å². The highest BCUT2D eigenvalue weighted by Crippen LogP contribution is 2.28. The molecule has 4 heteroatoms. The second-order valence-corrected chi connectivity index (χ2v) is 6.04. The molecule has 0 saturated heterocycles. The largest absolute Gasteiger partial charge is 0.389 e. The van der Waals surface area contributed by atoms with Gasteiger partial charge in [-0.3, -0.25) is 0 Å². The molecule has 1 unspecified atom stereocenters. The number of benzene rings is 2. The number of nitrogens with one attached hydrogen (secondary N) is 1. The molecule has 0 heterocycles. The third kappa shape index (κ3) is 3.19. The SMILES string of the molecule is Cc1ccccc1C(C)Nc1cccc(Br)c1C(N)=S. The van der Waals surface area contributed by atoms with Crippen LogP contribution in [0.3, 0.4) is 0 Å². The maximum atomic E-state index is 5.82. The number of aryl methyl sites for hydroxylation is 1. The van der Waals surface area contributed by atoms with Crippen molar-refractivity contribution in [2.75, 3.05) is 5.32 Å². The number of rotatable bonds is 4. The lowest BCUT2D eigenvalue weighted by atomic mass is 10.0. The summed E-state index contributed by atoms with van der Waals surface area (Å²) < 4.78 is 0.909. The highest BCUT2D eigenvalue weighted by molar-refractivity contribution is 9.10. The van der Waals surface area contributed by atoms with Crippen molar-refractivity contribution in [1.82, 2.24) is 0 Å². The van der Waals surface area contributed by atoms with Gasteiger partial charge in [-0.05, 0) is 53.0 Å². The summed E-state index contributed by atoms with van der Waals surface area (Å²) in [4.78, 5) is 0.386. The molecular weight excluding hydrogens is 332 g/mol. The summed E-state index contributed by atoms with van der Waals surface area (Å²) in [6.45, 7) is 4.25. The normalized spacial score (nSPS) is 11.9. The van der Waals surface area contributed by atoms with E-state index >= 15 is 0 Å². The molecule has 0 fully saturated rings. The topological polar surface area (TPSA) is 38.0 Å². The van der Waals surface area contributed by atoms with Crippen LogP contribution in [0.5, 0.6) is 0 Å². The number of hydrogen-bond acceptors (Lipinski definition) is 2. The minimum atomic E-state index is 0.179. The lowest BCUT2D eigenvalue weighted by Crippen LogP contribution is -2.16. The van der Waals surface area contributed by atoms with Crippen molar-refractivity contribution < 1.29 is 0 Å². The van der Waals surface area contributed by atoms with Gasteiger partial charge >= 0.3 is 0 Å². The standard InChI is InChI=1S/C16H17BrN2S/c1-10-6-3-4-7-12(10)11(2)19-14-9-5-8-13(17)15(14)16(18)20/h3-9,11,19H,1-2H3,(H2,18,20). The first-order valence-electron chi connectivity index (χ1n) is 6.41. The fraction of sp³-hybridized carbons (Fsp3) is 0.188. The lowest BCUT2D eigenvalue weighted by Gasteiger charge is -2.20. The van der Waals surface area contributed by atoms with Crippen LogP contribution in [0.4, 0.5) is 5.69 Å². The molecule has 3 N–H and O–H groups in total. The number of thiocarbonyl (C=S) groups is 1. The Bertz CT molecular complexity index is 640. The van der Waals surface area contributed by atoms with Crippen molar-refractivity contribution in [2.45, 2.75) is 19.9 Å². The molecule has 0 aromatic heterocycles. The molecule has 0 aliphatic rings. The Kier molecular flexibility index (Phi) is 4.78. The number of anilines is 1. The number of halogens is 1. The molecule has 2 aromatic carbocycles. The zero-order valence-corrected chi connectivity index (χ0v) is 13.9. The fourth-order valence-electron chi connectivity index (χ4n) is 2.28. The lowest BCUT2D eigenvalue weighted by molar-refractivity contribution is 0.873. The molecule has 0 amide bonds. The molecule has 2 nitrogen and oxygen atoms in total. The van der Waals surface area contributed by atoms with Crippen molar-refractivity contribution in [3.8, 4) is 0 Å². The van der Waals surface area contributed by atoms with Crippen molar-refractivity contribution in [2.24, 2.45) is 5.73 Å². The highest BCUT2D eigenvalue weighted by atomic mass is 79.9. The highest BCUT2D eigenvalue weighted by Gasteiger charge is 2.13. The third-order valence-electron chi connectivity index (χ3n) is 3.29. The fourth-order valence-corrected chi connectivity index (χ4v) is 3.21. The minimum Gasteiger partial charge on any atom is -0.389 e. The predicted molar refractivity (Wildman–Crippen MR) is 93.2 cm³/mol. The van der Waals surface area contributed by atoms with Gasteiger partial charge in [0.25, 0.3) is 0 Å². The van der Waals surface area contributed by atoms with Gasteiger partial charge in [0, 0.05) is 21.8 Å². The van der Waals surface area contributed by atoms with Crippen molar-refractivity contribution in [3.63, 3.8) is 0 Å². The van der Waals surface area contributed by atoms with Gasteiger partial charge < -0.3 is 11.1 Å². The van der Waals surface area contributed by atoms with Gasteiger partial charge in [-0.1, -0.05) is 42.5 Å². The molecule has 0 aliphatic carbocycles. The molecule has 2 rings (SSSR count). The Hall–Kier alpha value is -1.39. The van der Waals surface area contributed by atoms with E-state index in [-0.39, 0.29) is 6.04 Å². The van der Waals surface area contributed by atoms with Crippen LogP contribution >= 0.6 is 28.1 Å². The smallest absolute Gasteiger partial charge is 0.107 e. The third-order valence-corrected chi connectivity index (χ3v) is 4.15. The predicted octanol–water partition coefficient (Wildman–Crippen LogP) is 4.56. The average molecular weight is 349 g/mol. The van der Waals surface area contributed by atoms with E-state index in [0.717, 1.165) is 15.7 Å². The molecule has 1 atom stereocenters. The van der Waals surface area contributed by atoms with Gasteiger partial charge in [-0.15, -0.1) is 0 Å². The molecule has 0 spiro atoms. The Balaban J connectivity index is 2.33. The zero-order valence-electron chi connectivity index (χ0n) is 11.5. The van der Waals surface area contributed by atoms with Gasteiger partial charge in [0.2, 0.25) is 0 Å². The van der Waals surface area contributed by atoms with E-state index in [4.69, 9.17) is 18.0 Å². The Morgan fingerprint density at radius 3 is 2.55 bits per heavy atom. The summed E-state index contributed by atoms with van der Waals surface area (Å²) in [7, 11) is 0. The van der Waals surface area contributed by atoms with Crippen LogP contribution in [0.25, 0.3) is 0 Å². The van der Waals surface area contributed by atoms with Crippen LogP contribution in [0.1, 0.15) is 29.7 Å². The second kappa shape index (κ2) is 6.37. The van der Waals surface area contributed by atoms with Gasteiger partial charge in [0.1, 0.15) is 4.99 Å². The van der Waals surface area contributed by atoms with E-state index in [9.17, 15) is 0 Å². The molecule has 0 saturated carbocycles. The summed E-state index contributed by atoms with van der Waals surface area (Å²) in [5.74, 6) is 0. The Labute approximate surface area is 133 Å². The van der Waals surface area contributed by atoms with Crippen LogP contribution in [0.2, 0.25) is 0 Å². The van der Waals surface area contributed by atoms with Gasteiger partial charge in [-0.2, -0.15) is 0 Å². The summed E-state index contributed by atoms with van der Waals surface area (Å²) in [6, 6.07) is 14.4. The summed E-state index contributed by atoms with van der Waals surface area (Å²) in [5.41, 5.74) is 10.1. The second-order valence-electron chi connectivity index (χ2n) is 4.75. The van der Waals surface area contributed by atoms with Gasteiger partial charge in [0.15, 0.2) is 0 Å². The molecule has 0 radical (unpaired) electrons. The number of nitrogens with two attached hydrogens (primary N) is 1. The Morgan fingerprint density at radius 1 is 1.20 bits per heavy atom. The first kappa shape index (κ1) is 15.0. The first-order chi connectivity index (χ1) is 9.50. The average Bonchev–Trinajstić information content (AvgIpc) is 2.38. The monoisotopic (exact) mass is 348 g/mol. The molecule has 104 valence electrons. The van der Waals surface area contributed by atoms with E-state index < -0.39 is 0 Å². The zero-order chi connectivity index (χ0) is 14.7. The maximum Gasteiger partial charge on any atom is 0.107 e. The quantitative estimate of drug-likeness (QED) is 0.795. The molecule has 20 heavy (non-hydrogen) atoms. The summed E-state index contributed by atoms with van der Waals surface area (Å²) in [5, 5.41) is 3.49. The van der Waals surface area contributed by atoms with Gasteiger partial charge in [-0.25, -0.2) is 0 Å². The van der Waals surface area contributed by atoms with Crippen molar-refractivity contribution in [3.05, 3.63) is 63.6 Å². The van der Waals surface area contributed by atoms with E-state index in [2.05, 4.69) is 53.3 Å². The van der Waals surface area contributed by atoms with Crippen molar-refractivity contribution in [1.29, 1.82) is 0 Å². The molecule has 2 aromatic rings. The van der Waals surface area contributed by atoms with Crippen LogP contribution in [-0.4, -0.2) is 4.99 Å².